The molecule has 0 aliphatic carbocycles. The van der Waals surface area contributed by atoms with Gasteiger partial charge in [0, 0.05) is 38.2 Å². The van der Waals surface area contributed by atoms with Gasteiger partial charge in [0.1, 0.15) is 18.2 Å². The molecule has 1 unspecified atom stereocenters. The van der Waals surface area contributed by atoms with Gasteiger partial charge in [0.25, 0.3) is 0 Å². The van der Waals surface area contributed by atoms with Crippen LogP contribution in [0, 0.1) is 17.9 Å². The molecule has 9 heteroatoms. The van der Waals surface area contributed by atoms with Gasteiger partial charge >= 0.3 is 0 Å². The van der Waals surface area contributed by atoms with E-state index in [1.54, 1.807) is 18.2 Å². The largest absolute Gasteiger partial charge is 0.620 e. The second-order valence-corrected chi connectivity index (χ2v) is 9.08. The first-order valence-electron chi connectivity index (χ1n) is 12.0. The van der Waals surface area contributed by atoms with Gasteiger partial charge in [0.05, 0.1) is 11.3 Å². The third-order valence-electron chi connectivity index (χ3n) is 6.64. The molecule has 1 fully saturated rings. The monoisotopic (exact) mass is 476 g/mol. The van der Waals surface area contributed by atoms with Crippen molar-refractivity contribution in [1.29, 1.82) is 0 Å². The Labute approximate surface area is 204 Å². The van der Waals surface area contributed by atoms with Gasteiger partial charge in [-0.25, -0.2) is 9.37 Å². The lowest BCUT2D eigenvalue weighted by molar-refractivity contribution is -0.127. The zero-order valence-electron chi connectivity index (χ0n) is 19.8. The van der Waals surface area contributed by atoms with Crippen LogP contribution in [-0.4, -0.2) is 47.1 Å². The second kappa shape index (κ2) is 9.69. The summed E-state index contributed by atoms with van der Waals surface area (Å²) < 4.78 is 13.1. The predicted octanol–water partition coefficient (Wildman–Crippen LogP) is 4.21. The Bertz CT molecular complexity index is 1240. The molecule has 0 spiro atoms. The smallest absolute Gasteiger partial charge is 0.243 e. The van der Waals surface area contributed by atoms with Crippen LogP contribution in [0.5, 0.6) is 0 Å². The molecular weight excluding hydrogens is 447 g/mol. The number of halogens is 1. The molecule has 3 aromatic rings. The number of para-hydroxylation sites is 1. The number of amides is 1. The molecule has 8 nitrogen and oxygen atoms in total. The van der Waals surface area contributed by atoms with Crippen LogP contribution in [0.1, 0.15) is 30.4 Å². The van der Waals surface area contributed by atoms with E-state index in [0.717, 1.165) is 30.5 Å². The number of rotatable bonds is 7. The number of quaternary nitrogens is 1. The van der Waals surface area contributed by atoms with Gasteiger partial charge in [-0.15, -0.1) is 0 Å². The average Bonchev–Trinajstić information content (AvgIpc) is 3.27. The van der Waals surface area contributed by atoms with Gasteiger partial charge < -0.3 is 15.4 Å². The molecule has 1 aromatic heterocycles. The summed E-state index contributed by atoms with van der Waals surface area (Å²) in [5.41, 5.74) is 3.39. The van der Waals surface area contributed by atoms with Crippen LogP contribution in [0.15, 0.2) is 48.5 Å². The number of fused-ring (bicyclic) bond motifs is 1. The Balaban J connectivity index is 1.51. The quantitative estimate of drug-likeness (QED) is 0.301. The maximum absolute atomic E-state index is 14.2. The first kappa shape index (κ1) is 23.3. The number of nitrogens with zero attached hydrogens (tertiary/aromatic N) is 4. The van der Waals surface area contributed by atoms with Gasteiger partial charge in [-0.1, -0.05) is 18.2 Å². The van der Waals surface area contributed by atoms with E-state index in [1.165, 1.54) is 12.1 Å². The summed E-state index contributed by atoms with van der Waals surface area (Å²) in [6.07, 6.45) is 2.28. The fourth-order valence-corrected chi connectivity index (χ4v) is 4.83. The van der Waals surface area contributed by atoms with Crippen LogP contribution < -0.4 is 15.3 Å². The third kappa shape index (κ3) is 4.62. The van der Waals surface area contributed by atoms with Crippen LogP contribution in [0.3, 0.4) is 0 Å². The highest BCUT2D eigenvalue weighted by Crippen LogP contribution is 2.41. The standard InChI is InChI=1S/C26H29FN6O2/c1-18-15-19(27)10-11-21(18)24-22-16-28-17-33(35,20-7-3-2-4-8-20)25(22)31-26(30-24)29-12-6-14-32-13-5-9-23(32)34/h2-4,7-8,10-11,15,28H,5-6,9,12-14,16-17H2,1H3,(H,29,30,31). The van der Waals surface area contributed by atoms with Crippen LogP contribution >= 0.6 is 0 Å². The van der Waals surface area contributed by atoms with E-state index in [0.29, 0.717) is 54.8 Å². The van der Waals surface area contributed by atoms with Gasteiger partial charge in [0.15, 0.2) is 0 Å². The number of aryl methyl sites for hydroxylation is 1. The molecule has 2 aromatic carbocycles. The molecule has 0 radical (unpaired) electrons. The maximum atomic E-state index is 14.2. The summed E-state index contributed by atoms with van der Waals surface area (Å²) in [4.78, 5) is 23.2. The van der Waals surface area contributed by atoms with E-state index in [4.69, 9.17) is 9.97 Å². The number of likely N-dealkylation sites (tertiary alicyclic amines) is 1. The van der Waals surface area contributed by atoms with Crippen molar-refractivity contribution in [3.05, 3.63) is 70.7 Å². The fourth-order valence-electron chi connectivity index (χ4n) is 4.83. The summed E-state index contributed by atoms with van der Waals surface area (Å²) in [6.45, 7) is 4.46. The SMILES string of the molecule is Cc1cc(F)ccc1-c1nc(NCCCN2CCCC2=O)nc2c1CNC[N+]2([O-])c1ccccc1. The van der Waals surface area contributed by atoms with Crippen molar-refractivity contribution < 1.29 is 9.18 Å². The summed E-state index contributed by atoms with van der Waals surface area (Å²) in [6, 6.07) is 13.7. The van der Waals surface area contributed by atoms with Crippen molar-refractivity contribution >= 4 is 23.4 Å². The summed E-state index contributed by atoms with van der Waals surface area (Å²) >= 11 is 0. The normalized spacial score (nSPS) is 19.6. The number of nitrogens with one attached hydrogen (secondary N) is 2. The average molecular weight is 477 g/mol. The zero-order valence-corrected chi connectivity index (χ0v) is 19.8. The van der Waals surface area contributed by atoms with E-state index in [2.05, 4.69) is 10.6 Å². The fraction of sp³-hybridized carbons (Fsp3) is 0.346. The van der Waals surface area contributed by atoms with E-state index < -0.39 is 4.65 Å². The first-order chi connectivity index (χ1) is 17.0. The Hall–Kier alpha value is -3.40. The Kier molecular flexibility index (Phi) is 6.46. The lowest BCUT2D eigenvalue weighted by atomic mass is 10.00. The lowest BCUT2D eigenvalue weighted by Crippen LogP contribution is -2.50. The molecule has 2 N–H and O–H groups in total. The highest BCUT2D eigenvalue weighted by molar-refractivity contribution is 5.78. The Morgan fingerprint density at radius 1 is 1.20 bits per heavy atom. The minimum atomic E-state index is -0.761. The van der Waals surface area contributed by atoms with Crippen LogP contribution in [0.2, 0.25) is 0 Å². The molecule has 3 heterocycles. The Morgan fingerprint density at radius 2 is 2.03 bits per heavy atom. The molecular formula is C26H29FN6O2. The molecule has 2 aliphatic heterocycles. The number of hydroxylamine groups is 1. The summed E-state index contributed by atoms with van der Waals surface area (Å²) in [5.74, 6) is 0.612. The minimum Gasteiger partial charge on any atom is -0.620 e. The molecule has 35 heavy (non-hydrogen) atoms. The van der Waals surface area contributed by atoms with Crippen molar-refractivity contribution in [1.82, 2.24) is 24.8 Å². The third-order valence-corrected chi connectivity index (χ3v) is 6.64. The van der Waals surface area contributed by atoms with Crippen molar-refractivity contribution in [2.75, 3.05) is 31.6 Å². The molecule has 0 bridgehead atoms. The van der Waals surface area contributed by atoms with E-state index in [-0.39, 0.29) is 18.4 Å². The molecule has 182 valence electrons. The van der Waals surface area contributed by atoms with Gasteiger partial charge in [0.2, 0.25) is 17.7 Å². The first-order valence-corrected chi connectivity index (χ1v) is 12.0. The lowest BCUT2D eigenvalue weighted by Gasteiger charge is -2.44. The van der Waals surface area contributed by atoms with Gasteiger partial charge in [-0.3, -0.25) is 14.8 Å². The van der Waals surface area contributed by atoms with Crippen molar-refractivity contribution in [3.8, 4) is 11.3 Å². The number of hydrogen-bond acceptors (Lipinski definition) is 6. The van der Waals surface area contributed by atoms with Crippen molar-refractivity contribution in [3.63, 3.8) is 0 Å². The van der Waals surface area contributed by atoms with Gasteiger partial charge in [-0.2, -0.15) is 4.98 Å². The highest BCUT2D eigenvalue weighted by Gasteiger charge is 2.35. The van der Waals surface area contributed by atoms with E-state index in [1.807, 2.05) is 30.0 Å². The summed E-state index contributed by atoms with van der Waals surface area (Å²) in [7, 11) is 0. The molecule has 1 atom stereocenters. The molecule has 1 saturated heterocycles. The van der Waals surface area contributed by atoms with Crippen molar-refractivity contribution in [2.45, 2.75) is 32.7 Å². The van der Waals surface area contributed by atoms with Crippen LogP contribution in [0.4, 0.5) is 21.8 Å². The highest BCUT2D eigenvalue weighted by atomic mass is 19.1. The summed E-state index contributed by atoms with van der Waals surface area (Å²) in [5, 5.41) is 20.7. The van der Waals surface area contributed by atoms with E-state index in [9.17, 15) is 14.4 Å². The van der Waals surface area contributed by atoms with Crippen LogP contribution in [0.25, 0.3) is 11.3 Å². The number of hydrogen-bond donors (Lipinski definition) is 2. The number of carbonyl (C=O) groups is 1. The maximum Gasteiger partial charge on any atom is 0.243 e. The second-order valence-electron chi connectivity index (χ2n) is 9.08. The Morgan fingerprint density at radius 3 is 2.77 bits per heavy atom. The molecule has 0 saturated carbocycles. The minimum absolute atomic E-state index is 0.145. The zero-order chi connectivity index (χ0) is 24.4. The predicted molar refractivity (Wildman–Crippen MR) is 134 cm³/mol. The van der Waals surface area contributed by atoms with Gasteiger partial charge in [-0.05, 0) is 55.7 Å². The number of benzene rings is 2. The molecule has 1 amide bonds. The number of carbonyl (C=O) groups excluding carboxylic acids is 1. The van der Waals surface area contributed by atoms with E-state index >= 15 is 0 Å². The van der Waals surface area contributed by atoms with Crippen molar-refractivity contribution in [2.24, 2.45) is 0 Å². The van der Waals surface area contributed by atoms with Crippen LogP contribution in [-0.2, 0) is 11.3 Å². The molecule has 2 aliphatic rings. The molecule has 5 rings (SSSR count). The number of anilines is 1. The number of aromatic nitrogens is 2. The topological polar surface area (TPSA) is 93.2 Å².